The van der Waals surface area contributed by atoms with Crippen LogP contribution in [0, 0.1) is 5.41 Å². The number of phosphoric acid groups is 1. The van der Waals surface area contributed by atoms with Crippen molar-refractivity contribution in [2.45, 2.75) is 51.6 Å². The normalized spacial score (nSPS) is 32.6. The number of ether oxygens (including phenoxy) is 1. The molecule has 2 saturated heterocycles. The number of anilines is 2. The van der Waals surface area contributed by atoms with Crippen molar-refractivity contribution in [3.63, 3.8) is 0 Å². The molecule has 0 amide bonds. The summed E-state index contributed by atoms with van der Waals surface area (Å²) < 4.78 is 67.0. The zero-order chi connectivity index (χ0) is 26.7. The van der Waals surface area contributed by atoms with Gasteiger partial charge in [-0.3, -0.25) is 22.9 Å². The fourth-order valence-electron chi connectivity index (χ4n) is 3.83. The standard InChI is InChI=1S/C20H29F2N6O6PS/c1-18(2,3)16(29)36-8-7-31-35(30)32-9-20(22)14(34-35)19(4,21)15(33-20)28-10-24-11-12(27(5)6)25-17(23)26-13(11)28/h10,14-15H,7-9H2,1-6H3,(H2,23,25,26)/t14-,15+,19+,20+,35?/m0/s1. The van der Waals surface area contributed by atoms with E-state index >= 15 is 8.78 Å². The van der Waals surface area contributed by atoms with Crippen LogP contribution in [0.2, 0.25) is 0 Å². The van der Waals surface area contributed by atoms with Crippen molar-refractivity contribution in [1.82, 2.24) is 19.5 Å². The van der Waals surface area contributed by atoms with Gasteiger partial charge < -0.3 is 15.4 Å². The Morgan fingerprint density at radius 2 is 2.08 bits per heavy atom. The van der Waals surface area contributed by atoms with Crippen molar-refractivity contribution in [1.29, 1.82) is 0 Å². The number of alkyl halides is 2. The summed E-state index contributed by atoms with van der Waals surface area (Å²) >= 11 is 0.988. The maximum Gasteiger partial charge on any atom is 0.475 e. The van der Waals surface area contributed by atoms with Gasteiger partial charge in [-0.2, -0.15) is 9.97 Å². The monoisotopic (exact) mass is 550 g/mol. The van der Waals surface area contributed by atoms with Gasteiger partial charge >= 0.3 is 7.82 Å². The van der Waals surface area contributed by atoms with Crippen LogP contribution in [-0.4, -0.2) is 75.3 Å². The number of halogens is 2. The van der Waals surface area contributed by atoms with Crippen LogP contribution in [0.3, 0.4) is 0 Å². The zero-order valence-electron chi connectivity index (χ0n) is 20.7. The number of hydrogen-bond acceptors (Lipinski definition) is 12. The van der Waals surface area contributed by atoms with Crippen LogP contribution in [-0.2, 0) is 27.7 Å². The quantitative estimate of drug-likeness (QED) is 0.416. The Balaban J connectivity index is 1.54. The zero-order valence-corrected chi connectivity index (χ0v) is 22.4. The summed E-state index contributed by atoms with van der Waals surface area (Å²) in [6.07, 6.45) is -2.34. The number of aromatic nitrogens is 4. The molecule has 5 atom stereocenters. The van der Waals surface area contributed by atoms with Gasteiger partial charge in [-0.15, -0.1) is 0 Å². The van der Waals surface area contributed by atoms with E-state index in [1.54, 1.807) is 39.8 Å². The van der Waals surface area contributed by atoms with Crippen LogP contribution in [0.4, 0.5) is 20.5 Å². The number of rotatable bonds is 6. The predicted molar refractivity (Wildman–Crippen MR) is 129 cm³/mol. The van der Waals surface area contributed by atoms with Crippen molar-refractivity contribution in [2.24, 2.45) is 5.41 Å². The highest BCUT2D eigenvalue weighted by Crippen LogP contribution is 2.63. The third kappa shape index (κ3) is 4.84. The molecular formula is C20H29F2N6O6PS. The molecule has 16 heteroatoms. The van der Waals surface area contributed by atoms with Crippen LogP contribution < -0.4 is 10.6 Å². The number of nitrogens with two attached hydrogens (primary N) is 1. The van der Waals surface area contributed by atoms with E-state index in [1.807, 2.05) is 0 Å². The molecule has 2 aromatic heterocycles. The first-order valence-corrected chi connectivity index (χ1v) is 13.5. The summed E-state index contributed by atoms with van der Waals surface area (Å²) in [6.45, 7) is 5.26. The maximum absolute atomic E-state index is 16.2. The Hall–Kier alpha value is -1.90. The minimum atomic E-state index is -4.35. The molecule has 12 nitrogen and oxygen atoms in total. The van der Waals surface area contributed by atoms with Crippen molar-refractivity contribution in [3.05, 3.63) is 6.33 Å². The van der Waals surface area contributed by atoms with E-state index in [0.717, 1.165) is 18.7 Å². The second-order valence-electron chi connectivity index (χ2n) is 9.96. The summed E-state index contributed by atoms with van der Waals surface area (Å²) in [5, 5.41) is -0.0876. The lowest BCUT2D eigenvalue weighted by Gasteiger charge is -2.36. The highest BCUT2D eigenvalue weighted by Gasteiger charge is 2.70. The second kappa shape index (κ2) is 9.14. The Kier molecular flexibility index (Phi) is 6.89. The Bertz CT molecular complexity index is 1220. The number of nitrogens with zero attached hydrogens (tertiary/aromatic N) is 5. The number of carbonyl (C=O) groups excluding carboxylic acids is 1. The second-order valence-corrected chi connectivity index (χ2v) is 12.6. The number of thioether (sulfide) groups is 1. The molecule has 2 fully saturated rings. The SMILES string of the molecule is CN(C)c1nc(N)nc2c1ncn2[C@@H]1O[C@]2(F)COP(=O)(OCCSC(=O)C(C)(C)C)O[C@H]2[C@@]1(C)F. The third-order valence-corrected chi connectivity index (χ3v) is 8.28. The largest absolute Gasteiger partial charge is 0.475 e. The summed E-state index contributed by atoms with van der Waals surface area (Å²) in [5.74, 6) is -2.34. The molecule has 4 rings (SSSR count). The fourth-order valence-corrected chi connectivity index (χ4v) is 6.21. The third-order valence-electron chi connectivity index (χ3n) is 5.62. The first-order valence-electron chi connectivity index (χ1n) is 11.1. The average Bonchev–Trinajstić information content (AvgIpc) is 3.26. The number of fused-ring (bicyclic) bond motifs is 2. The van der Waals surface area contributed by atoms with Gasteiger partial charge in [0, 0.05) is 25.3 Å². The summed E-state index contributed by atoms with van der Waals surface area (Å²) in [4.78, 5) is 26.2. The average molecular weight is 551 g/mol. The molecule has 2 aliphatic heterocycles. The van der Waals surface area contributed by atoms with Crippen molar-refractivity contribution < 1.29 is 36.4 Å². The van der Waals surface area contributed by atoms with Crippen LogP contribution in [0.5, 0.6) is 0 Å². The number of phosphoric ester groups is 1. The van der Waals surface area contributed by atoms with E-state index in [2.05, 4.69) is 15.0 Å². The smallest absolute Gasteiger partial charge is 0.368 e. The number of nitrogen functional groups attached to an aromatic ring is 1. The maximum atomic E-state index is 16.2. The Morgan fingerprint density at radius 1 is 1.39 bits per heavy atom. The van der Waals surface area contributed by atoms with Crippen LogP contribution >= 0.6 is 19.6 Å². The molecule has 0 aliphatic carbocycles. The summed E-state index contributed by atoms with van der Waals surface area (Å²) in [5.41, 5.74) is 3.11. The van der Waals surface area contributed by atoms with Gasteiger partial charge in [-0.05, 0) is 6.92 Å². The molecule has 2 N–H and O–H groups in total. The minimum absolute atomic E-state index is 0.0876. The first-order chi connectivity index (χ1) is 16.6. The van der Waals surface area contributed by atoms with Gasteiger partial charge in [0.25, 0.3) is 5.85 Å². The van der Waals surface area contributed by atoms with Crippen molar-refractivity contribution in [2.75, 3.05) is 43.7 Å². The van der Waals surface area contributed by atoms with Crippen LogP contribution in [0.1, 0.15) is 33.9 Å². The Morgan fingerprint density at radius 3 is 2.72 bits per heavy atom. The lowest BCUT2D eigenvalue weighted by atomic mass is 9.97. The molecule has 0 saturated carbocycles. The van der Waals surface area contributed by atoms with E-state index in [1.165, 1.54) is 10.9 Å². The molecule has 2 aliphatic rings. The van der Waals surface area contributed by atoms with Gasteiger partial charge in [-0.25, -0.2) is 18.3 Å². The van der Waals surface area contributed by atoms with Crippen molar-refractivity contribution >= 4 is 47.6 Å². The van der Waals surface area contributed by atoms with Gasteiger partial charge in [0.1, 0.15) is 6.61 Å². The van der Waals surface area contributed by atoms with Gasteiger partial charge in [0.15, 0.2) is 40.1 Å². The molecular weight excluding hydrogens is 521 g/mol. The minimum Gasteiger partial charge on any atom is -0.368 e. The highest BCUT2D eigenvalue weighted by molar-refractivity contribution is 8.13. The summed E-state index contributed by atoms with van der Waals surface area (Å²) in [6, 6.07) is 0. The van der Waals surface area contributed by atoms with E-state index in [4.69, 9.17) is 24.0 Å². The predicted octanol–water partition coefficient (Wildman–Crippen LogP) is 3.24. The van der Waals surface area contributed by atoms with Gasteiger partial charge in [-0.1, -0.05) is 32.5 Å². The van der Waals surface area contributed by atoms with Gasteiger partial charge in [0.05, 0.1) is 12.9 Å². The molecule has 0 radical (unpaired) electrons. The Labute approximate surface area is 210 Å². The van der Waals surface area contributed by atoms with E-state index in [0.29, 0.717) is 11.3 Å². The van der Waals surface area contributed by atoms with E-state index in [9.17, 15) is 9.36 Å². The molecule has 0 aromatic carbocycles. The fraction of sp³-hybridized carbons (Fsp3) is 0.700. The lowest BCUT2D eigenvalue weighted by Crippen LogP contribution is -2.51. The van der Waals surface area contributed by atoms with Crippen LogP contribution in [0.25, 0.3) is 11.2 Å². The molecule has 2 aromatic rings. The lowest BCUT2D eigenvalue weighted by molar-refractivity contribution is -0.219. The molecule has 4 heterocycles. The first kappa shape index (κ1) is 27.1. The van der Waals surface area contributed by atoms with E-state index < -0.39 is 43.7 Å². The van der Waals surface area contributed by atoms with Gasteiger partial charge in [0.2, 0.25) is 5.95 Å². The highest BCUT2D eigenvalue weighted by atomic mass is 32.2. The molecule has 1 unspecified atom stereocenters. The molecule has 200 valence electrons. The number of hydrogen-bond donors (Lipinski definition) is 1. The van der Waals surface area contributed by atoms with Crippen molar-refractivity contribution in [3.8, 4) is 0 Å². The molecule has 0 spiro atoms. The topological polar surface area (TPSA) is 144 Å². The molecule has 0 bridgehead atoms. The summed E-state index contributed by atoms with van der Waals surface area (Å²) in [7, 11) is -0.910. The van der Waals surface area contributed by atoms with E-state index in [-0.39, 0.29) is 29.1 Å². The van der Waals surface area contributed by atoms with Crippen LogP contribution in [0.15, 0.2) is 6.33 Å². The number of imidazole rings is 1. The molecule has 36 heavy (non-hydrogen) atoms. The number of carbonyl (C=O) groups is 1.